The van der Waals surface area contributed by atoms with Crippen LogP contribution in [0.1, 0.15) is 0 Å². The predicted octanol–water partition coefficient (Wildman–Crippen LogP) is 3.55. The van der Waals surface area contributed by atoms with E-state index in [0.29, 0.717) is 21.7 Å². The van der Waals surface area contributed by atoms with Gasteiger partial charge in [0, 0.05) is 11.4 Å². The highest BCUT2D eigenvalue weighted by molar-refractivity contribution is 5.86. The molecular formula is C19H14FN5O5. The second kappa shape index (κ2) is 7.54. The Morgan fingerprint density at radius 3 is 2.60 bits per heavy atom. The number of carbonyl (C=O) groups is 1. The van der Waals surface area contributed by atoms with E-state index in [9.17, 15) is 19.1 Å². The van der Waals surface area contributed by atoms with Crippen molar-refractivity contribution in [2.24, 2.45) is 0 Å². The van der Waals surface area contributed by atoms with Gasteiger partial charge in [-0.1, -0.05) is 0 Å². The second-order valence-electron chi connectivity index (χ2n) is 6.04. The van der Waals surface area contributed by atoms with E-state index < -0.39 is 17.7 Å². The van der Waals surface area contributed by atoms with Gasteiger partial charge in [0.15, 0.2) is 17.2 Å². The number of anilines is 4. The first kappa shape index (κ1) is 18.9. The predicted molar refractivity (Wildman–Crippen MR) is 105 cm³/mol. The molecule has 2 aromatic carbocycles. The smallest absolute Gasteiger partial charge is 0.429 e. The zero-order chi connectivity index (χ0) is 21.3. The molecular weight excluding hydrogens is 397 g/mol. The number of ether oxygens (including phenoxy) is 1. The maximum absolute atomic E-state index is 14.2. The summed E-state index contributed by atoms with van der Waals surface area (Å²) >= 11 is 0. The van der Waals surface area contributed by atoms with Crippen LogP contribution in [-0.4, -0.2) is 32.8 Å². The number of benzene rings is 2. The molecule has 152 valence electrons. The number of aromatic nitrogens is 3. The van der Waals surface area contributed by atoms with Gasteiger partial charge in [-0.15, -0.1) is 0 Å². The molecule has 0 aliphatic carbocycles. The first-order valence-electron chi connectivity index (χ1n) is 8.54. The normalized spacial score (nSPS) is 10.7. The van der Waals surface area contributed by atoms with Crippen LogP contribution in [0.4, 0.5) is 32.3 Å². The largest absolute Gasteiger partial charge is 0.497 e. The monoisotopic (exact) mass is 411 g/mol. The molecule has 0 fully saturated rings. The number of rotatable bonds is 5. The molecule has 2 heterocycles. The molecule has 0 spiro atoms. The van der Waals surface area contributed by atoms with Crippen LogP contribution >= 0.6 is 0 Å². The van der Waals surface area contributed by atoms with Gasteiger partial charge in [0.1, 0.15) is 11.3 Å². The number of methoxy groups -OCH3 is 1. The van der Waals surface area contributed by atoms with Crippen molar-refractivity contribution in [3.8, 4) is 5.75 Å². The van der Waals surface area contributed by atoms with Crippen LogP contribution in [0, 0.1) is 5.82 Å². The Balaban J connectivity index is 1.62. The molecule has 30 heavy (non-hydrogen) atoms. The van der Waals surface area contributed by atoms with E-state index in [1.807, 2.05) is 0 Å². The van der Waals surface area contributed by atoms with Crippen molar-refractivity contribution in [1.29, 1.82) is 0 Å². The van der Waals surface area contributed by atoms with Crippen LogP contribution in [0.3, 0.4) is 0 Å². The van der Waals surface area contributed by atoms with E-state index in [1.165, 1.54) is 18.2 Å². The summed E-state index contributed by atoms with van der Waals surface area (Å²) in [6, 6.07) is 11.2. The SMILES string of the molecule is COc1ccc(Nc2ncc(F)c(Nc3ccc4oc(=O)n(C(=O)O)c4c3)n2)cc1. The average molecular weight is 411 g/mol. The second-order valence-corrected chi connectivity index (χ2v) is 6.04. The van der Waals surface area contributed by atoms with E-state index in [-0.39, 0.29) is 22.9 Å². The number of carboxylic acid groups (broad SMARTS) is 1. The van der Waals surface area contributed by atoms with Crippen molar-refractivity contribution in [2.75, 3.05) is 17.7 Å². The lowest BCUT2D eigenvalue weighted by atomic mass is 10.3. The lowest BCUT2D eigenvalue weighted by molar-refractivity contribution is 0.195. The van der Waals surface area contributed by atoms with Gasteiger partial charge in [-0.3, -0.25) is 0 Å². The standard InChI is InChI=1S/C19H14FN5O5/c1-29-12-5-2-10(3-6-12)23-17-21-9-13(20)16(24-17)22-11-4-7-15-14(8-11)25(18(26)27)19(28)30-15/h2-9H,1H3,(H,26,27)(H2,21,22,23,24). The Morgan fingerprint density at radius 2 is 1.90 bits per heavy atom. The maximum atomic E-state index is 14.2. The van der Waals surface area contributed by atoms with Crippen molar-refractivity contribution in [1.82, 2.24) is 14.5 Å². The average Bonchev–Trinajstić information content (AvgIpc) is 3.06. The highest BCUT2D eigenvalue weighted by atomic mass is 19.1. The van der Waals surface area contributed by atoms with Gasteiger partial charge in [-0.05, 0) is 42.5 Å². The van der Waals surface area contributed by atoms with Crippen molar-refractivity contribution in [3.63, 3.8) is 0 Å². The summed E-state index contributed by atoms with van der Waals surface area (Å²) in [7, 11) is 1.56. The molecule has 0 saturated heterocycles. The number of nitrogens with zero attached hydrogens (tertiary/aromatic N) is 3. The first-order valence-corrected chi connectivity index (χ1v) is 8.54. The number of nitrogens with one attached hydrogen (secondary N) is 2. The zero-order valence-electron chi connectivity index (χ0n) is 15.4. The number of fused-ring (bicyclic) bond motifs is 1. The van der Waals surface area contributed by atoms with Gasteiger partial charge >= 0.3 is 11.8 Å². The lowest BCUT2D eigenvalue weighted by Crippen LogP contribution is -2.20. The molecule has 0 bridgehead atoms. The molecule has 0 amide bonds. The summed E-state index contributed by atoms with van der Waals surface area (Å²) in [5.74, 6) is -1.09. The molecule has 0 radical (unpaired) electrons. The van der Waals surface area contributed by atoms with E-state index in [0.717, 1.165) is 6.20 Å². The Labute approximate surface area is 167 Å². The molecule has 11 heteroatoms. The summed E-state index contributed by atoms with van der Waals surface area (Å²) in [6.45, 7) is 0. The van der Waals surface area contributed by atoms with Crippen LogP contribution in [-0.2, 0) is 0 Å². The summed E-state index contributed by atoms with van der Waals surface area (Å²) in [5, 5.41) is 14.9. The molecule has 4 aromatic rings. The van der Waals surface area contributed by atoms with Crippen LogP contribution < -0.4 is 21.1 Å². The summed E-state index contributed by atoms with van der Waals surface area (Å²) < 4.78 is 24.6. The third-order valence-corrected chi connectivity index (χ3v) is 4.12. The van der Waals surface area contributed by atoms with Gasteiger partial charge < -0.3 is 24.9 Å². The molecule has 0 aliphatic heterocycles. The minimum Gasteiger partial charge on any atom is -0.497 e. The molecule has 3 N–H and O–H groups in total. The summed E-state index contributed by atoms with van der Waals surface area (Å²) in [6.07, 6.45) is -0.500. The fourth-order valence-corrected chi connectivity index (χ4v) is 2.73. The van der Waals surface area contributed by atoms with Crippen LogP contribution in [0.15, 0.2) is 57.9 Å². The lowest BCUT2D eigenvalue weighted by Gasteiger charge is -2.10. The molecule has 0 aliphatic rings. The molecule has 4 rings (SSSR count). The molecule has 0 unspecified atom stereocenters. The Kier molecular flexibility index (Phi) is 4.76. The van der Waals surface area contributed by atoms with Gasteiger partial charge in [0.2, 0.25) is 5.95 Å². The van der Waals surface area contributed by atoms with Gasteiger partial charge in [0.05, 0.1) is 13.3 Å². The quantitative estimate of drug-likeness (QED) is 0.451. The van der Waals surface area contributed by atoms with E-state index in [2.05, 4.69) is 20.6 Å². The fraction of sp³-hybridized carbons (Fsp3) is 0.0526. The topological polar surface area (TPSA) is 132 Å². The number of hydrogen-bond donors (Lipinski definition) is 3. The number of oxazole rings is 1. The van der Waals surface area contributed by atoms with Gasteiger partial charge in [0.25, 0.3) is 0 Å². The molecule has 2 aromatic heterocycles. The highest BCUT2D eigenvalue weighted by Gasteiger charge is 2.16. The molecule has 10 nitrogen and oxygen atoms in total. The van der Waals surface area contributed by atoms with E-state index in [4.69, 9.17) is 9.15 Å². The zero-order valence-corrected chi connectivity index (χ0v) is 15.4. The highest BCUT2D eigenvalue weighted by Crippen LogP contribution is 2.24. The molecule has 0 atom stereocenters. The summed E-state index contributed by atoms with van der Waals surface area (Å²) in [4.78, 5) is 30.9. The fourth-order valence-electron chi connectivity index (χ4n) is 2.73. The summed E-state index contributed by atoms with van der Waals surface area (Å²) in [5.41, 5.74) is 1.06. The maximum Gasteiger partial charge on any atom is 0.429 e. The van der Waals surface area contributed by atoms with Gasteiger partial charge in [-0.2, -0.15) is 9.55 Å². The Morgan fingerprint density at radius 1 is 1.17 bits per heavy atom. The van der Waals surface area contributed by atoms with Crippen LogP contribution in [0.5, 0.6) is 5.75 Å². The first-order chi connectivity index (χ1) is 14.4. The van der Waals surface area contributed by atoms with Crippen LogP contribution in [0.2, 0.25) is 0 Å². The van der Waals surface area contributed by atoms with Crippen LogP contribution in [0.25, 0.3) is 11.1 Å². The van der Waals surface area contributed by atoms with Crippen molar-refractivity contribution in [2.45, 2.75) is 0 Å². The Bertz CT molecular complexity index is 1300. The van der Waals surface area contributed by atoms with Crippen molar-refractivity contribution in [3.05, 3.63) is 65.0 Å². The van der Waals surface area contributed by atoms with Crippen molar-refractivity contribution >= 4 is 40.3 Å². The number of hydrogen-bond acceptors (Lipinski definition) is 8. The van der Waals surface area contributed by atoms with Crippen molar-refractivity contribution < 1.29 is 23.4 Å². The number of halogens is 1. The van der Waals surface area contributed by atoms with E-state index in [1.54, 1.807) is 31.4 Å². The third-order valence-electron chi connectivity index (χ3n) is 4.12. The molecule has 0 saturated carbocycles. The third kappa shape index (κ3) is 3.63. The van der Waals surface area contributed by atoms with Gasteiger partial charge in [-0.25, -0.2) is 19.0 Å². The minimum atomic E-state index is -1.49. The minimum absolute atomic E-state index is 0.0172. The van der Waals surface area contributed by atoms with E-state index >= 15 is 0 Å². The Hall–Kier alpha value is -4.41.